The largest absolute Gasteiger partial charge is 0.504 e. The number of phenolic OH excluding ortho intramolecular Hbond substituents is 2. The summed E-state index contributed by atoms with van der Waals surface area (Å²) in [6, 6.07) is 4.31. The number of phenols is 2. The second-order valence-corrected chi connectivity index (χ2v) is 5.64. The van der Waals surface area contributed by atoms with E-state index in [9.17, 15) is 15.0 Å². The van der Waals surface area contributed by atoms with Crippen LogP contribution >= 0.6 is 0 Å². The topological polar surface area (TPSA) is 60.8 Å². The molecule has 5 nitrogen and oxygen atoms in total. The van der Waals surface area contributed by atoms with E-state index in [0.717, 1.165) is 43.8 Å². The van der Waals surface area contributed by atoms with Crippen LogP contribution < -0.4 is 0 Å². The van der Waals surface area contributed by atoms with E-state index in [4.69, 9.17) is 0 Å². The van der Waals surface area contributed by atoms with Gasteiger partial charge in [-0.2, -0.15) is 0 Å². The number of aromatic hydroxyl groups is 2. The molecular formula is C14H19N2O3+. The Morgan fingerprint density at radius 1 is 1.11 bits per heavy atom. The van der Waals surface area contributed by atoms with Crippen LogP contribution in [0.3, 0.4) is 0 Å². The van der Waals surface area contributed by atoms with Gasteiger partial charge in [-0.05, 0) is 18.2 Å². The molecule has 3 heterocycles. The average Bonchev–Trinajstić information content (AvgIpc) is 2.43. The molecule has 0 saturated carbocycles. The van der Waals surface area contributed by atoms with Crippen LogP contribution in [0.5, 0.6) is 11.5 Å². The van der Waals surface area contributed by atoms with Crippen LogP contribution in [0.1, 0.15) is 10.4 Å². The number of ketones is 1. The van der Waals surface area contributed by atoms with Crippen LogP contribution in [0.2, 0.25) is 0 Å². The lowest BCUT2D eigenvalue weighted by Gasteiger charge is -2.50. The second kappa shape index (κ2) is 4.51. The summed E-state index contributed by atoms with van der Waals surface area (Å²) in [4.78, 5) is 14.8. The number of hydrogen-bond acceptors (Lipinski definition) is 4. The van der Waals surface area contributed by atoms with E-state index < -0.39 is 0 Å². The first-order valence-corrected chi connectivity index (χ1v) is 6.71. The van der Waals surface area contributed by atoms with Crippen LogP contribution in [-0.4, -0.2) is 71.2 Å². The molecule has 0 radical (unpaired) electrons. The molecule has 1 aromatic carbocycles. The maximum Gasteiger partial charge on any atom is 0.217 e. The lowest BCUT2D eigenvalue weighted by molar-refractivity contribution is -0.933. The zero-order valence-corrected chi connectivity index (χ0v) is 10.9. The maximum absolute atomic E-state index is 12.3. The van der Waals surface area contributed by atoms with Crippen LogP contribution in [0.25, 0.3) is 0 Å². The molecule has 5 heteroatoms. The SMILES string of the molecule is O=C(C[N+]12CCN(CC1)CC2)c1ccc(O)c(O)c1. The molecule has 0 unspecified atom stereocenters. The molecular weight excluding hydrogens is 244 g/mol. The molecule has 0 aromatic heterocycles. The average molecular weight is 263 g/mol. The van der Waals surface area contributed by atoms with Crippen LogP contribution in [0.4, 0.5) is 0 Å². The highest BCUT2D eigenvalue weighted by atomic mass is 16.3. The van der Waals surface area contributed by atoms with Gasteiger partial charge in [0, 0.05) is 25.2 Å². The van der Waals surface area contributed by atoms with E-state index in [1.54, 1.807) is 6.07 Å². The molecule has 0 amide bonds. The van der Waals surface area contributed by atoms with Gasteiger partial charge in [0.05, 0.1) is 19.6 Å². The summed E-state index contributed by atoms with van der Waals surface area (Å²) in [6.07, 6.45) is 0. The third kappa shape index (κ3) is 2.31. The highest BCUT2D eigenvalue weighted by Gasteiger charge is 2.39. The van der Waals surface area contributed by atoms with E-state index in [2.05, 4.69) is 4.90 Å². The molecule has 1 aromatic rings. The van der Waals surface area contributed by atoms with Crippen molar-refractivity contribution < 1.29 is 19.5 Å². The van der Waals surface area contributed by atoms with Crippen molar-refractivity contribution in [2.24, 2.45) is 0 Å². The third-order valence-corrected chi connectivity index (χ3v) is 4.45. The van der Waals surface area contributed by atoms with Crippen molar-refractivity contribution in [2.75, 3.05) is 45.8 Å². The molecule has 0 spiro atoms. The highest BCUT2D eigenvalue weighted by molar-refractivity contribution is 5.97. The Labute approximate surface area is 112 Å². The van der Waals surface area contributed by atoms with Crippen molar-refractivity contribution in [1.29, 1.82) is 0 Å². The summed E-state index contributed by atoms with van der Waals surface area (Å²) in [6.45, 7) is 6.84. The van der Waals surface area contributed by atoms with Gasteiger partial charge in [-0.3, -0.25) is 9.69 Å². The summed E-state index contributed by atoms with van der Waals surface area (Å²) < 4.78 is 0.872. The molecule has 3 aliphatic rings. The van der Waals surface area contributed by atoms with E-state index in [0.29, 0.717) is 12.1 Å². The Morgan fingerprint density at radius 2 is 1.74 bits per heavy atom. The number of fused-ring (bicyclic) bond motifs is 3. The van der Waals surface area contributed by atoms with Crippen LogP contribution in [0, 0.1) is 0 Å². The smallest absolute Gasteiger partial charge is 0.217 e. The van der Waals surface area contributed by atoms with Crippen molar-refractivity contribution in [2.45, 2.75) is 0 Å². The van der Waals surface area contributed by atoms with Crippen molar-refractivity contribution in [3.63, 3.8) is 0 Å². The van der Waals surface area contributed by atoms with Gasteiger partial charge in [0.2, 0.25) is 5.78 Å². The monoisotopic (exact) mass is 263 g/mol. The molecule has 102 valence electrons. The standard InChI is InChI=1S/C14H18N2O3/c17-12-2-1-11(9-13(12)18)14(19)10-16-6-3-15(4-7-16)5-8-16/h1-2,9H,3-8,10H2,(H-,17,18,19)/p+1. The van der Waals surface area contributed by atoms with Crippen molar-refractivity contribution in [3.8, 4) is 11.5 Å². The molecule has 3 saturated heterocycles. The third-order valence-electron chi connectivity index (χ3n) is 4.45. The van der Waals surface area contributed by atoms with Crippen LogP contribution in [-0.2, 0) is 0 Å². The highest BCUT2D eigenvalue weighted by Crippen LogP contribution is 2.26. The number of piperazine rings is 3. The van der Waals surface area contributed by atoms with E-state index in [1.807, 2.05) is 0 Å². The number of benzene rings is 1. The zero-order valence-electron chi connectivity index (χ0n) is 10.9. The molecule has 0 atom stereocenters. The predicted octanol–water partition coefficient (Wildman–Crippen LogP) is 0.426. The summed E-state index contributed by atoms with van der Waals surface area (Å²) in [7, 11) is 0. The zero-order chi connectivity index (χ0) is 13.5. The number of nitrogens with zero attached hydrogens (tertiary/aromatic N) is 2. The number of carbonyl (C=O) groups excluding carboxylic acids is 1. The lowest BCUT2D eigenvalue weighted by Crippen LogP contribution is -2.68. The quantitative estimate of drug-likeness (QED) is 0.471. The lowest BCUT2D eigenvalue weighted by atomic mass is 10.1. The Bertz CT molecular complexity index is 494. The number of hydrogen-bond donors (Lipinski definition) is 2. The molecule has 4 rings (SSSR count). The van der Waals surface area contributed by atoms with Gasteiger partial charge in [-0.25, -0.2) is 0 Å². The summed E-state index contributed by atoms with van der Waals surface area (Å²) in [5, 5.41) is 18.7. The fourth-order valence-corrected chi connectivity index (χ4v) is 3.06. The van der Waals surface area contributed by atoms with Gasteiger partial charge in [0.25, 0.3) is 0 Å². The van der Waals surface area contributed by atoms with Crippen molar-refractivity contribution in [1.82, 2.24) is 4.90 Å². The van der Waals surface area contributed by atoms with Gasteiger partial charge >= 0.3 is 0 Å². The summed E-state index contributed by atoms with van der Waals surface area (Å²) >= 11 is 0. The minimum atomic E-state index is -0.227. The predicted molar refractivity (Wildman–Crippen MR) is 70.3 cm³/mol. The molecule has 0 aliphatic carbocycles. The van der Waals surface area contributed by atoms with Crippen molar-refractivity contribution >= 4 is 5.78 Å². The van der Waals surface area contributed by atoms with Crippen LogP contribution in [0.15, 0.2) is 18.2 Å². The fourth-order valence-electron chi connectivity index (χ4n) is 3.06. The minimum Gasteiger partial charge on any atom is -0.504 e. The second-order valence-electron chi connectivity index (χ2n) is 5.64. The first-order valence-electron chi connectivity index (χ1n) is 6.71. The molecule has 19 heavy (non-hydrogen) atoms. The molecule has 3 fully saturated rings. The summed E-state index contributed by atoms with van der Waals surface area (Å²) in [5.41, 5.74) is 0.482. The number of rotatable bonds is 3. The molecule has 2 bridgehead atoms. The number of carbonyl (C=O) groups is 1. The van der Waals surface area contributed by atoms with E-state index in [1.165, 1.54) is 12.1 Å². The van der Waals surface area contributed by atoms with E-state index >= 15 is 0 Å². The minimum absolute atomic E-state index is 0.0469. The Kier molecular flexibility index (Phi) is 2.95. The molecule has 3 aliphatic heterocycles. The van der Waals surface area contributed by atoms with Crippen molar-refractivity contribution in [3.05, 3.63) is 23.8 Å². The van der Waals surface area contributed by atoms with Gasteiger partial charge < -0.3 is 14.7 Å². The van der Waals surface area contributed by atoms with E-state index in [-0.39, 0.29) is 17.3 Å². The first kappa shape index (κ1) is 12.4. The summed E-state index contributed by atoms with van der Waals surface area (Å²) in [5.74, 6) is -0.366. The van der Waals surface area contributed by atoms with Gasteiger partial charge in [0.15, 0.2) is 11.5 Å². The Hall–Kier alpha value is -1.59. The Balaban J connectivity index is 1.75. The number of quaternary nitrogens is 1. The maximum atomic E-state index is 12.3. The number of Topliss-reactive ketones (excluding diaryl/α,β-unsaturated/α-hetero) is 1. The van der Waals surface area contributed by atoms with Gasteiger partial charge in [-0.15, -0.1) is 0 Å². The fraction of sp³-hybridized carbons (Fsp3) is 0.500. The van der Waals surface area contributed by atoms with Gasteiger partial charge in [0.1, 0.15) is 6.54 Å². The normalized spacial score (nSPS) is 29.4. The Morgan fingerprint density at radius 3 is 2.32 bits per heavy atom. The van der Waals surface area contributed by atoms with Gasteiger partial charge in [-0.1, -0.05) is 0 Å². The molecule has 2 N–H and O–H groups in total. The first-order chi connectivity index (χ1) is 9.08.